The van der Waals surface area contributed by atoms with Gasteiger partial charge in [-0.1, -0.05) is 42.5 Å². The van der Waals surface area contributed by atoms with Gasteiger partial charge in [-0.2, -0.15) is 0 Å². The number of rotatable bonds is 0. The van der Waals surface area contributed by atoms with Crippen molar-refractivity contribution in [2.75, 3.05) is 0 Å². The molecule has 0 atom stereocenters. The lowest BCUT2D eigenvalue weighted by Crippen LogP contribution is -1.79. The maximum absolute atomic E-state index is 6.57. The Bertz CT molecular complexity index is 2100. The molecule has 3 nitrogen and oxygen atoms in total. The second-order valence-corrected chi connectivity index (χ2v) is 8.55. The molecule has 0 radical (unpaired) electrons. The van der Waals surface area contributed by atoms with E-state index < -0.39 is 0 Å². The number of hydrogen-bond donors (Lipinski definition) is 1. The van der Waals surface area contributed by atoms with Gasteiger partial charge in [-0.15, -0.1) is 0 Å². The minimum absolute atomic E-state index is 0.927. The van der Waals surface area contributed by atoms with E-state index in [1.54, 1.807) is 0 Å². The molecule has 1 aliphatic carbocycles. The van der Waals surface area contributed by atoms with Crippen LogP contribution in [0.2, 0.25) is 0 Å². The molecule has 0 fully saturated rings. The predicted octanol–water partition coefficient (Wildman–Crippen LogP) is 8.25. The van der Waals surface area contributed by atoms with Crippen molar-refractivity contribution in [3.05, 3.63) is 72.8 Å². The third kappa shape index (κ3) is 1.46. The molecule has 0 aliphatic heterocycles. The standard InChI is InChI=1S/C28H13NO2/c1-2-8-17-15(5-1)21-16-11-12-20-25-22-13(6-3-9-18(22)30-20)14-7-4-10-19-23(14)26(24(16)25)28(31-19)27(21)29-17/h1-12,29H. The molecule has 0 unspecified atom stereocenters. The van der Waals surface area contributed by atoms with E-state index >= 15 is 0 Å². The zero-order valence-electron chi connectivity index (χ0n) is 16.2. The molecule has 0 saturated heterocycles. The summed E-state index contributed by atoms with van der Waals surface area (Å²) in [6, 6.07) is 25.6. The van der Waals surface area contributed by atoms with Crippen LogP contribution in [-0.2, 0) is 0 Å². The van der Waals surface area contributed by atoms with Crippen LogP contribution in [0.5, 0.6) is 0 Å². The summed E-state index contributed by atoms with van der Waals surface area (Å²) < 4.78 is 12.9. The van der Waals surface area contributed by atoms with Crippen LogP contribution in [0.15, 0.2) is 81.6 Å². The number of fused-ring (bicyclic) bond motifs is 6. The van der Waals surface area contributed by atoms with Gasteiger partial charge in [-0.3, -0.25) is 0 Å². The van der Waals surface area contributed by atoms with Crippen LogP contribution in [0.1, 0.15) is 0 Å². The molecule has 0 amide bonds. The van der Waals surface area contributed by atoms with Crippen LogP contribution < -0.4 is 0 Å². The van der Waals surface area contributed by atoms with Gasteiger partial charge in [0, 0.05) is 43.2 Å². The first kappa shape index (κ1) is 14.7. The lowest BCUT2D eigenvalue weighted by atomic mass is 9.96. The van der Waals surface area contributed by atoms with Gasteiger partial charge in [0.15, 0.2) is 5.58 Å². The Balaban J connectivity index is 1.81. The zero-order valence-corrected chi connectivity index (χ0v) is 16.2. The first-order valence-electron chi connectivity index (χ1n) is 10.5. The van der Waals surface area contributed by atoms with E-state index in [2.05, 4.69) is 77.8 Å². The van der Waals surface area contributed by atoms with E-state index in [0.717, 1.165) is 33.4 Å². The van der Waals surface area contributed by atoms with E-state index in [4.69, 9.17) is 8.83 Å². The van der Waals surface area contributed by atoms with Gasteiger partial charge in [-0.05, 0) is 46.8 Å². The summed E-state index contributed by atoms with van der Waals surface area (Å²) in [6.07, 6.45) is 0. The molecule has 0 saturated carbocycles. The number of benzene rings is 5. The van der Waals surface area contributed by atoms with E-state index in [-0.39, 0.29) is 0 Å². The van der Waals surface area contributed by atoms with Gasteiger partial charge in [0.2, 0.25) is 0 Å². The van der Waals surface area contributed by atoms with Crippen molar-refractivity contribution >= 4 is 76.5 Å². The molecule has 1 aliphatic rings. The Kier molecular flexibility index (Phi) is 2.17. The van der Waals surface area contributed by atoms with Crippen LogP contribution in [0, 0.1) is 0 Å². The molecule has 3 heterocycles. The van der Waals surface area contributed by atoms with Gasteiger partial charge in [0.1, 0.15) is 16.7 Å². The lowest BCUT2D eigenvalue weighted by molar-refractivity contribution is 0.669. The first-order chi connectivity index (χ1) is 15.4. The van der Waals surface area contributed by atoms with Gasteiger partial charge in [0.25, 0.3) is 0 Å². The van der Waals surface area contributed by atoms with Crippen LogP contribution >= 0.6 is 0 Å². The van der Waals surface area contributed by atoms with E-state index in [0.29, 0.717) is 0 Å². The average molecular weight is 395 g/mol. The summed E-state index contributed by atoms with van der Waals surface area (Å²) in [4.78, 5) is 3.66. The minimum Gasteiger partial charge on any atom is -0.456 e. The third-order valence-electron chi connectivity index (χ3n) is 7.12. The zero-order chi connectivity index (χ0) is 19.8. The molecule has 8 aromatic rings. The predicted molar refractivity (Wildman–Crippen MR) is 127 cm³/mol. The van der Waals surface area contributed by atoms with E-state index in [1.165, 1.54) is 54.2 Å². The second kappa shape index (κ2) is 4.57. The van der Waals surface area contributed by atoms with Crippen molar-refractivity contribution in [1.29, 1.82) is 0 Å². The molecule has 142 valence electrons. The molecule has 5 aromatic carbocycles. The minimum atomic E-state index is 0.927. The summed E-state index contributed by atoms with van der Waals surface area (Å²) in [5.74, 6) is 0. The molecule has 0 spiro atoms. The summed E-state index contributed by atoms with van der Waals surface area (Å²) in [5.41, 5.74) is 8.33. The van der Waals surface area contributed by atoms with Crippen LogP contribution in [0.25, 0.3) is 87.6 Å². The number of hydrogen-bond acceptors (Lipinski definition) is 2. The summed E-state index contributed by atoms with van der Waals surface area (Å²) >= 11 is 0. The summed E-state index contributed by atoms with van der Waals surface area (Å²) in [5, 5.41) is 9.69. The molecular formula is C28H13NO2. The highest BCUT2D eigenvalue weighted by atomic mass is 16.3. The van der Waals surface area contributed by atoms with Crippen molar-refractivity contribution in [3.8, 4) is 11.1 Å². The molecule has 9 rings (SSSR count). The fourth-order valence-electron chi connectivity index (χ4n) is 5.98. The number of H-pyrrole nitrogens is 1. The lowest BCUT2D eigenvalue weighted by Gasteiger charge is -2.05. The maximum atomic E-state index is 6.57. The SMILES string of the molecule is c1ccc2c(c1)[nH]c1c3oc4cccc5c4c3c3c(ccc4oc6cccc-5c6c43)c21. The first-order valence-corrected chi connectivity index (χ1v) is 10.5. The summed E-state index contributed by atoms with van der Waals surface area (Å²) in [7, 11) is 0. The Morgan fingerprint density at radius 1 is 0.484 bits per heavy atom. The Morgan fingerprint density at radius 2 is 1.23 bits per heavy atom. The summed E-state index contributed by atoms with van der Waals surface area (Å²) in [6.45, 7) is 0. The molecule has 31 heavy (non-hydrogen) atoms. The smallest absolute Gasteiger partial charge is 0.160 e. The fraction of sp³-hybridized carbons (Fsp3) is 0. The second-order valence-electron chi connectivity index (χ2n) is 8.55. The molecule has 1 N–H and O–H groups in total. The van der Waals surface area contributed by atoms with Gasteiger partial charge >= 0.3 is 0 Å². The van der Waals surface area contributed by atoms with Gasteiger partial charge in [0.05, 0.1) is 5.52 Å². The largest absolute Gasteiger partial charge is 0.456 e. The topological polar surface area (TPSA) is 42.1 Å². The molecular weight excluding hydrogens is 382 g/mol. The highest BCUT2D eigenvalue weighted by Crippen LogP contribution is 2.52. The van der Waals surface area contributed by atoms with Crippen molar-refractivity contribution in [2.45, 2.75) is 0 Å². The van der Waals surface area contributed by atoms with Gasteiger partial charge < -0.3 is 13.8 Å². The van der Waals surface area contributed by atoms with Crippen molar-refractivity contribution in [2.24, 2.45) is 0 Å². The quantitative estimate of drug-likeness (QED) is 0.281. The Hall–Kier alpha value is -4.24. The maximum Gasteiger partial charge on any atom is 0.160 e. The number of nitrogens with one attached hydrogen (secondary N) is 1. The Morgan fingerprint density at radius 3 is 2.10 bits per heavy atom. The van der Waals surface area contributed by atoms with E-state index in [9.17, 15) is 0 Å². The van der Waals surface area contributed by atoms with Crippen LogP contribution in [0.3, 0.4) is 0 Å². The highest BCUT2D eigenvalue weighted by molar-refractivity contribution is 6.43. The van der Waals surface area contributed by atoms with Gasteiger partial charge in [-0.25, -0.2) is 0 Å². The normalized spacial score (nSPS) is 13.2. The van der Waals surface area contributed by atoms with E-state index in [1.807, 2.05) is 0 Å². The average Bonchev–Trinajstić information content (AvgIpc) is 3.46. The van der Waals surface area contributed by atoms with Crippen molar-refractivity contribution in [1.82, 2.24) is 4.98 Å². The number of para-hydroxylation sites is 1. The fourth-order valence-corrected chi connectivity index (χ4v) is 5.98. The number of aromatic nitrogens is 1. The number of aromatic amines is 1. The monoisotopic (exact) mass is 395 g/mol. The van der Waals surface area contributed by atoms with Crippen LogP contribution in [-0.4, -0.2) is 4.98 Å². The molecule has 3 heteroatoms. The highest BCUT2D eigenvalue weighted by Gasteiger charge is 2.27. The van der Waals surface area contributed by atoms with Crippen LogP contribution in [0.4, 0.5) is 0 Å². The third-order valence-corrected chi connectivity index (χ3v) is 7.12. The van der Waals surface area contributed by atoms with Crippen molar-refractivity contribution < 1.29 is 8.83 Å². The Labute approximate surface area is 174 Å². The number of furan rings is 2. The molecule has 3 aromatic heterocycles. The molecule has 0 bridgehead atoms. The van der Waals surface area contributed by atoms with Crippen molar-refractivity contribution in [3.63, 3.8) is 0 Å².